The predicted molar refractivity (Wildman–Crippen MR) is 76.9 cm³/mol. The van der Waals surface area contributed by atoms with Gasteiger partial charge in [0.2, 0.25) is 0 Å². The van der Waals surface area contributed by atoms with E-state index in [2.05, 4.69) is 17.4 Å². The van der Waals surface area contributed by atoms with Gasteiger partial charge in [0.15, 0.2) is 0 Å². The van der Waals surface area contributed by atoms with Gasteiger partial charge in [-0.1, -0.05) is 41.9 Å². The molecule has 1 nitrogen and oxygen atoms in total. The Labute approximate surface area is 117 Å². The van der Waals surface area contributed by atoms with Crippen LogP contribution in [0.25, 0.3) is 0 Å². The molecule has 0 aromatic heterocycles. The molecule has 2 aromatic rings. The van der Waals surface area contributed by atoms with Crippen molar-refractivity contribution in [2.45, 2.75) is 18.9 Å². The van der Waals surface area contributed by atoms with E-state index < -0.39 is 0 Å². The molecule has 0 spiro atoms. The van der Waals surface area contributed by atoms with Gasteiger partial charge in [0.1, 0.15) is 5.82 Å². The first-order valence-corrected chi connectivity index (χ1v) is 6.88. The van der Waals surface area contributed by atoms with Crippen LogP contribution in [0.3, 0.4) is 0 Å². The molecule has 3 heteroatoms. The second-order valence-electron chi connectivity index (χ2n) is 5.00. The third-order valence-corrected chi connectivity index (χ3v) is 3.78. The van der Waals surface area contributed by atoms with E-state index in [1.807, 2.05) is 18.2 Å². The van der Waals surface area contributed by atoms with Crippen LogP contribution in [0.5, 0.6) is 0 Å². The molecule has 1 aliphatic rings. The van der Waals surface area contributed by atoms with Gasteiger partial charge in [-0.25, -0.2) is 4.39 Å². The maximum atomic E-state index is 13.2. The summed E-state index contributed by atoms with van der Waals surface area (Å²) >= 11 is 5.82. The van der Waals surface area contributed by atoms with Crippen LogP contribution in [0.4, 0.5) is 10.1 Å². The van der Waals surface area contributed by atoms with Crippen molar-refractivity contribution in [3.05, 3.63) is 64.9 Å². The van der Waals surface area contributed by atoms with Crippen molar-refractivity contribution in [2.75, 3.05) is 5.32 Å². The first-order chi connectivity index (χ1) is 9.24. The molecule has 3 rings (SSSR count). The van der Waals surface area contributed by atoms with Crippen molar-refractivity contribution in [1.29, 1.82) is 0 Å². The Kier molecular flexibility index (Phi) is 3.43. The van der Waals surface area contributed by atoms with Gasteiger partial charge in [0, 0.05) is 5.69 Å². The molecule has 0 saturated heterocycles. The number of benzene rings is 2. The zero-order chi connectivity index (χ0) is 13.2. The van der Waals surface area contributed by atoms with Crippen LogP contribution in [0, 0.1) is 11.7 Å². The zero-order valence-corrected chi connectivity index (χ0v) is 11.2. The van der Waals surface area contributed by atoms with E-state index in [0.29, 0.717) is 5.92 Å². The molecule has 1 atom stereocenters. The van der Waals surface area contributed by atoms with Gasteiger partial charge in [-0.3, -0.25) is 0 Å². The van der Waals surface area contributed by atoms with Crippen molar-refractivity contribution in [2.24, 2.45) is 5.92 Å². The molecule has 19 heavy (non-hydrogen) atoms. The maximum Gasteiger partial charge on any atom is 0.141 e. The van der Waals surface area contributed by atoms with E-state index in [-0.39, 0.29) is 16.9 Å². The number of halogens is 2. The smallest absolute Gasteiger partial charge is 0.141 e. The summed E-state index contributed by atoms with van der Waals surface area (Å²) in [4.78, 5) is 0. The summed E-state index contributed by atoms with van der Waals surface area (Å²) in [5.41, 5.74) is 2.14. The van der Waals surface area contributed by atoms with Gasteiger partial charge in [-0.2, -0.15) is 0 Å². The minimum Gasteiger partial charge on any atom is -0.378 e. The third-order valence-electron chi connectivity index (χ3n) is 3.49. The number of rotatable bonds is 4. The molecule has 1 aliphatic carbocycles. The van der Waals surface area contributed by atoms with Crippen molar-refractivity contribution in [3.63, 3.8) is 0 Å². The molecule has 1 fully saturated rings. The van der Waals surface area contributed by atoms with Gasteiger partial charge < -0.3 is 5.32 Å². The molecule has 1 unspecified atom stereocenters. The Morgan fingerprint density at radius 1 is 1.11 bits per heavy atom. The molecule has 1 saturated carbocycles. The minimum absolute atomic E-state index is 0.160. The highest BCUT2D eigenvalue weighted by molar-refractivity contribution is 6.31. The zero-order valence-electron chi connectivity index (χ0n) is 10.4. The maximum absolute atomic E-state index is 13.2. The Morgan fingerprint density at radius 3 is 2.47 bits per heavy atom. The van der Waals surface area contributed by atoms with Crippen LogP contribution in [-0.4, -0.2) is 0 Å². The second kappa shape index (κ2) is 5.22. The molecule has 1 N–H and O–H groups in total. The van der Waals surface area contributed by atoms with Gasteiger partial charge in [0.05, 0.1) is 11.1 Å². The Morgan fingerprint density at radius 2 is 1.84 bits per heavy atom. The molecule has 98 valence electrons. The molecule has 2 aromatic carbocycles. The summed E-state index contributed by atoms with van der Waals surface area (Å²) in [5.74, 6) is 0.279. The van der Waals surface area contributed by atoms with E-state index in [9.17, 15) is 4.39 Å². The first kappa shape index (κ1) is 12.5. The number of nitrogens with one attached hydrogen (secondary N) is 1. The average molecular weight is 276 g/mol. The summed E-state index contributed by atoms with van der Waals surface area (Å²) in [6.45, 7) is 0. The van der Waals surface area contributed by atoms with Gasteiger partial charge >= 0.3 is 0 Å². The van der Waals surface area contributed by atoms with E-state index in [1.54, 1.807) is 12.1 Å². The van der Waals surface area contributed by atoms with Crippen LogP contribution >= 0.6 is 11.6 Å². The topological polar surface area (TPSA) is 12.0 Å². The lowest BCUT2D eigenvalue weighted by molar-refractivity contribution is 0.627. The fourth-order valence-electron chi connectivity index (χ4n) is 2.33. The largest absolute Gasteiger partial charge is 0.378 e. The van der Waals surface area contributed by atoms with Crippen LogP contribution in [0.1, 0.15) is 24.4 Å². The van der Waals surface area contributed by atoms with Crippen molar-refractivity contribution in [1.82, 2.24) is 0 Å². The van der Waals surface area contributed by atoms with Gasteiger partial charge in [0.25, 0.3) is 0 Å². The van der Waals surface area contributed by atoms with E-state index in [4.69, 9.17) is 11.6 Å². The molecular formula is C16H15ClFN. The van der Waals surface area contributed by atoms with Crippen LogP contribution in [0.2, 0.25) is 5.02 Å². The number of hydrogen-bond acceptors (Lipinski definition) is 1. The van der Waals surface area contributed by atoms with Gasteiger partial charge in [-0.05, 0) is 42.5 Å². The fraction of sp³-hybridized carbons (Fsp3) is 0.250. The highest BCUT2D eigenvalue weighted by Gasteiger charge is 2.32. The van der Waals surface area contributed by atoms with Crippen molar-refractivity contribution < 1.29 is 4.39 Å². The molecule has 0 heterocycles. The van der Waals surface area contributed by atoms with Crippen molar-refractivity contribution in [3.8, 4) is 0 Å². The average Bonchev–Trinajstić information content (AvgIpc) is 3.25. The summed E-state index contributed by atoms with van der Waals surface area (Å²) in [6.07, 6.45) is 2.48. The van der Waals surface area contributed by atoms with Crippen molar-refractivity contribution >= 4 is 17.3 Å². The lowest BCUT2D eigenvalue weighted by atomic mass is 10.0. The standard InChI is InChI=1S/C16H15ClFN/c17-14-10-13(8-9-15(14)18)19-16(12-6-7-12)11-4-2-1-3-5-11/h1-5,8-10,12,16,19H,6-7H2. The first-order valence-electron chi connectivity index (χ1n) is 6.50. The molecule has 0 amide bonds. The summed E-state index contributed by atoms with van der Waals surface area (Å²) in [5, 5.41) is 3.63. The summed E-state index contributed by atoms with van der Waals surface area (Å²) in [6, 6.07) is 15.4. The third kappa shape index (κ3) is 2.90. The highest BCUT2D eigenvalue weighted by Crippen LogP contribution is 2.43. The Balaban J connectivity index is 1.84. The number of hydrogen-bond donors (Lipinski definition) is 1. The minimum atomic E-state index is -0.380. The molecule has 0 aliphatic heterocycles. The van der Waals surface area contributed by atoms with Crippen LogP contribution in [0.15, 0.2) is 48.5 Å². The van der Waals surface area contributed by atoms with E-state index in [0.717, 1.165) is 5.69 Å². The van der Waals surface area contributed by atoms with Gasteiger partial charge in [-0.15, -0.1) is 0 Å². The SMILES string of the molecule is Fc1ccc(NC(c2ccccc2)C2CC2)cc1Cl. The van der Waals surface area contributed by atoms with E-state index >= 15 is 0 Å². The summed E-state index contributed by atoms with van der Waals surface area (Å²) < 4.78 is 13.2. The number of anilines is 1. The fourth-order valence-corrected chi connectivity index (χ4v) is 2.51. The monoisotopic (exact) mass is 275 g/mol. The highest BCUT2D eigenvalue weighted by atomic mass is 35.5. The Hall–Kier alpha value is -1.54. The lowest BCUT2D eigenvalue weighted by Crippen LogP contribution is -2.12. The lowest BCUT2D eigenvalue weighted by Gasteiger charge is -2.20. The van der Waals surface area contributed by atoms with Crippen LogP contribution < -0.4 is 5.32 Å². The quantitative estimate of drug-likeness (QED) is 0.824. The normalized spacial score (nSPS) is 16.1. The molecular weight excluding hydrogens is 261 g/mol. The van der Waals surface area contributed by atoms with Crippen LogP contribution in [-0.2, 0) is 0 Å². The molecule has 0 radical (unpaired) electrons. The molecule has 0 bridgehead atoms. The summed E-state index contributed by atoms with van der Waals surface area (Å²) in [7, 11) is 0. The van der Waals surface area contributed by atoms with E-state index in [1.165, 1.54) is 24.5 Å². The Bertz CT molecular complexity index is 566. The second-order valence-corrected chi connectivity index (χ2v) is 5.41. The predicted octanol–water partition coefficient (Wildman–Crippen LogP) is 5.04.